The van der Waals surface area contributed by atoms with Gasteiger partial charge in [-0.25, -0.2) is 0 Å². The molecule has 1 aliphatic heterocycles. The maximum atomic E-state index is 13.2. The largest absolute Gasteiger partial charge is 0.481 e. The summed E-state index contributed by atoms with van der Waals surface area (Å²) in [6.45, 7) is -0.555. The number of imide groups is 1. The third-order valence-electron chi connectivity index (χ3n) is 6.43. The number of alkyl halides is 6. The Morgan fingerprint density at radius 1 is 0.950 bits per heavy atom. The van der Waals surface area contributed by atoms with E-state index in [2.05, 4.69) is 5.32 Å². The second-order valence-corrected chi connectivity index (χ2v) is 11.2. The number of halogens is 6. The summed E-state index contributed by atoms with van der Waals surface area (Å²) in [5.74, 6) is -2.73. The maximum absolute atomic E-state index is 13.2. The zero-order valence-electron chi connectivity index (χ0n) is 20.3. The Bertz CT molecular complexity index is 1340. The zero-order valence-corrected chi connectivity index (χ0v) is 21.9. The van der Waals surface area contributed by atoms with Crippen molar-refractivity contribution in [3.63, 3.8) is 0 Å². The molecule has 4 rings (SSSR count). The summed E-state index contributed by atoms with van der Waals surface area (Å²) in [4.78, 5) is 49.6. The number of carbonyl (C=O) groups is 4. The van der Waals surface area contributed by atoms with Gasteiger partial charge in [0.25, 0.3) is 11.1 Å². The van der Waals surface area contributed by atoms with E-state index in [1.807, 2.05) is 0 Å². The fourth-order valence-corrected chi connectivity index (χ4v) is 6.12. The number of benzene rings is 1. The number of carboxylic acids is 1. The van der Waals surface area contributed by atoms with Crippen LogP contribution in [0.3, 0.4) is 0 Å². The van der Waals surface area contributed by atoms with Gasteiger partial charge in [0, 0.05) is 10.9 Å². The molecule has 1 aliphatic carbocycles. The Morgan fingerprint density at radius 2 is 1.55 bits per heavy atom. The molecule has 7 nitrogen and oxygen atoms in total. The van der Waals surface area contributed by atoms with Gasteiger partial charge in [0.1, 0.15) is 6.54 Å². The van der Waals surface area contributed by atoms with Crippen LogP contribution in [-0.4, -0.2) is 45.6 Å². The molecular weight excluding hydrogens is 586 g/mol. The minimum Gasteiger partial charge on any atom is -0.481 e. The van der Waals surface area contributed by atoms with Gasteiger partial charge in [-0.2, -0.15) is 26.3 Å². The first-order valence-corrected chi connectivity index (χ1v) is 13.5. The first-order chi connectivity index (χ1) is 18.6. The van der Waals surface area contributed by atoms with Crippen molar-refractivity contribution in [1.29, 1.82) is 0 Å². The average molecular weight is 607 g/mol. The molecule has 40 heavy (non-hydrogen) atoms. The molecule has 2 aromatic rings. The lowest BCUT2D eigenvalue weighted by atomic mass is 9.86. The minimum atomic E-state index is -5.00. The zero-order chi connectivity index (χ0) is 29.4. The molecule has 2 heterocycles. The van der Waals surface area contributed by atoms with E-state index < -0.39 is 59.0 Å². The molecule has 0 atom stereocenters. The number of hydrogen-bond donors (Lipinski definition) is 2. The standard InChI is InChI=1S/C25H20F6N2O5S2/c26-24(27,28)15-5-13(6-16(8-15)25(29,30)31)14-7-18(39-11-14)9-19-21(35)33(23(38)40-19)10-20(34)32-17-3-1-12(2-4-17)22(36)37/h5-9,11-12,17H,1-4,10H2,(H,32,34)(H,36,37)/b19-9-. The lowest BCUT2D eigenvalue weighted by molar-refractivity contribution is -0.144. The van der Waals surface area contributed by atoms with Crippen LogP contribution >= 0.6 is 23.1 Å². The molecule has 214 valence electrons. The predicted molar refractivity (Wildman–Crippen MR) is 134 cm³/mol. The second-order valence-electron chi connectivity index (χ2n) is 9.25. The highest BCUT2D eigenvalue weighted by molar-refractivity contribution is 8.18. The Kier molecular flexibility index (Phi) is 8.36. The van der Waals surface area contributed by atoms with Crippen LogP contribution in [0.25, 0.3) is 17.2 Å². The van der Waals surface area contributed by atoms with Crippen molar-refractivity contribution in [1.82, 2.24) is 10.2 Å². The Morgan fingerprint density at radius 3 is 2.10 bits per heavy atom. The molecule has 1 aromatic carbocycles. The van der Waals surface area contributed by atoms with E-state index in [1.165, 1.54) is 17.5 Å². The molecule has 0 spiro atoms. The number of carboxylic acid groups (broad SMARTS) is 1. The maximum Gasteiger partial charge on any atom is 0.416 e. The van der Waals surface area contributed by atoms with Gasteiger partial charge in [-0.05, 0) is 84.3 Å². The van der Waals surface area contributed by atoms with Crippen LogP contribution < -0.4 is 5.32 Å². The van der Waals surface area contributed by atoms with Crippen LogP contribution in [0.15, 0.2) is 34.6 Å². The smallest absolute Gasteiger partial charge is 0.416 e. The Labute approximate surface area is 231 Å². The van der Waals surface area contributed by atoms with E-state index in [1.54, 1.807) is 0 Å². The summed E-state index contributed by atoms with van der Waals surface area (Å²) < 4.78 is 79.3. The molecule has 1 saturated carbocycles. The summed E-state index contributed by atoms with van der Waals surface area (Å²) in [6.07, 6.45) is -7.04. The van der Waals surface area contributed by atoms with Crippen LogP contribution in [0.1, 0.15) is 41.7 Å². The van der Waals surface area contributed by atoms with Gasteiger partial charge in [0.2, 0.25) is 5.91 Å². The third-order valence-corrected chi connectivity index (χ3v) is 8.22. The van der Waals surface area contributed by atoms with Crippen molar-refractivity contribution >= 4 is 52.2 Å². The van der Waals surface area contributed by atoms with Gasteiger partial charge in [-0.1, -0.05) is 0 Å². The van der Waals surface area contributed by atoms with Gasteiger partial charge in [0.15, 0.2) is 0 Å². The van der Waals surface area contributed by atoms with E-state index >= 15 is 0 Å². The van der Waals surface area contributed by atoms with E-state index in [0.29, 0.717) is 54.5 Å². The molecule has 2 N–H and O–H groups in total. The first kappa shape index (κ1) is 29.6. The number of aliphatic carboxylic acids is 1. The first-order valence-electron chi connectivity index (χ1n) is 11.8. The van der Waals surface area contributed by atoms with Gasteiger partial charge in [0.05, 0.1) is 21.9 Å². The number of nitrogens with one attached hydrogen (secondary N) is 1. The van der Waals surface area contributed by atoms with Crippen molar-refractivity contribution in [2.45, 2.75) is 44.1 Å². The van der Waals surface area contributed by atoms with Gasteiger partial charge < -0.3 is 10.4 Å². The van der Waals surface area contributed by atoms with Crippen LogP contribution in [0.4, 0.5) is 31.1 Å². The Balaban J connectivity index is 1.45. The molecule has 0 radical (unpaired) electrons. The highest BCUT2D eigenvalue weighted by Crippen LogP contribution is 2.40. The Hall–Kier alpha value is -3.33. The van der Waals surface area contributed by atoms with Gasteiger partial charge >= 0.3 is 18.3 Å². The molecule has 1 aromatic heterocycles. The summed E-state index contributed by atoms with van der Waals surface area (Å²) in [6, 6.07) is 2.25. The molecule has 0 unspecified atom stereocenters. The molecule has 2 aliphatic rings. The van der Waals surface area contributed by atoms with Crippen LogP contribution in [-0.2, 0) is 26.7 Å². The fraction of sp³-hybridized carbons (Fsp3) is 0.360. The number of thioether (sulfide) groups is 1. The van der Waals surface area contributed by atoms with Gasteiger partial charge in [-0.3, -0.25) is 24.1 Å². The molecule has 2 fully saturated rings. The topological polar surface area (TPSA) is 104 Å². The normalized spacial score (nSPS) is 21.2. The summed E-state index contributed by atoms with van der Waals surface area (Å²) in [5, 5.41) is 12.4. The predicted octanol–water partition coefficient (Wildman–Crippen LogP) is 6.25. The van der Waals surface area contributed by atoms with Crippen molar-refractivity contribution in [2.75, 3.05) is 6.54 Å². The number of nitrogens with zero attached hydrogens (tertiary/aromatic N) is 1. The van der Waals surface area contributed by atoms with Crippen molar-refractivity contribution < 1.29 is 50.6 Å². The summed E-state index contributed by atoms with van der Waals surface area (Å²) >= 11 is 1.49. The SMILES string of the molecule is O=C(CN1C(=O)S/C(=C\c2cc(-c3cc(C(F)(F)F)cc(C(F)(F)F)c3)cs2)C1=O)NC1CCC(C(=O)O)CC1. The van der Waals surface area contributed by atoms with Crippen molar-refractivity contribution in [3.05, 3.63) is 50.6 Å². The number of hydrogen-bond acceptors (Lipinski definition) is 6. The van der Waals surface area contributed by atoms with E-state index in [4.69, 9.17) is 5.11 Å². The summed E-state index contributed by atoms with van der Waals surface area (Å²) in [5.41, 5.74) is -3.18. The molecule has 0 bridgehead atoms. The van der Waals surface area contributed by atoms with Gasteiger partial charge in [-0.15, -0.1) is 11.3 Å². The lowest BCUT2D eigenvalue weighted by Crippen LogP contribution is -2.45. The molecule has 1 saturated heterocycles. The van der Waals surface area contributed by atoms with Crippen LogP contribution in [0, 0.1) is 5.92 Å². The monoisotopic (exact) mass is 606 g/mol. The lowest BCUT2D eigenvalue weighted by Gasteiger charge is -2.27. The minimum absolute atomic E-state index is 0.0317. The number of carbonyl (C=O) groups excluding carboxylic acids is 3. The summed E-state index contributed by atoms with van der Waals surface area (Å²) in [7, 11) is 0. The molecule has 15 heteroatoms. The van der Waals surface area contributed by atoms with Crippen LogP contribution in [0.5, 0.6) is 0 Å². The van der Waals surface area contributed by atoms with E-state index in [0.717, 1.165) is 16.2 Å². The highest BCUT2D eigenvalue weighted by Gasteiger charge is 2.38. The molecular formula is C25H20F6N2O5S2. The number of rotatable bonds is 6. The quantitative estimate of drug-likeness (QED) is 0.298. The van der Waals surface area contributed by atoms with E-state index in [-0.39, 0.29) is 28.1 Å². The highest BCUT2D eigenvalue weighted by atomic mass is 32.2. The average Bonchev–Trinajstić information content (AvgIpc) is 3.43. The molecule has 3 amide bonds. The van der Waals surface area contributed by atoms with Crippen molar-refractivity contribution in [2.24, 2.45) is 5.92 Å². The number of amides is 3. The second kappa shape index (κ2) is 11.3. The van der Waals surface area contributed by atoms with Crippen LogP contribution in [0.2, 0.25) is 0 Å². The van der Waals surface area contributed by atoms with E-state index in [9.17, 15) is 45.5 Å². The fourth-order valence-electron chi connectivity index (χ4n) is 4.37. The van der Waals surface area contributed by atoms with Crippen molar-refractivity contribution in [3.8, 4) is 11.1 Å². The third kappa shape index (κ3) is 6.86. The number of thiophene rings is 1.